The maximum Gasteiger partial charge on any atom is 0.289 e. The van der Waals surface area contributed by atoms with Crippen molar-refractivity contribution in [1.29, 1.82) is 5.26 Å². The molecule has 0 fully saturated rings. The molecule has 106 valence electrons. The number of nitrogens with two attached hydrogens (primary N) is 1. The number of H-pyrrole nitrogens is 1. The van der Waals surface area contributed by atoms with E-state index in [4.69, 9.17) is 15.2 Å². The number of rotatable bonds is 2. The highest BCUT2D eigenvalue weighted by atomic mass is 16.7. The minimum atomic E-state index is 0.230. The van der Waals surface area contributed by atoms with Gasteiger partial charge in [-0.15, -0.1) is 0 Å². The predicted octanol–water partition coefficient (Wildman–Crippen LogP) is 2.22. The molecule has 2 heterocycles. The molecule has 0 saturated carbocycles. The van der Waals surface area contributed by atoms with Crippen LogP contribution < -0.4 is 20.2 Å². The lowest BCUT2D eigenvalue weighted by Crippen LogP contribution is -2.20. The van der Waals surface area contributed by atoms with Crippen LogP contribution in [0.3, 0.4) is 0 Å². The number of pyridine rings is 1. The summed E-state index contributed by atoms with van der Waals surface area (Å²) in [6, 6.07) is 7.87. The largest absolute Gasteiger partial charge is 0.454 e. The maximum absolute atomic E-state index is 9.44. The Bertz CT molecular complexity index is 762. The molecule has 0 spiro atoms. The molecule has 0 amide bonds. The van der Waals surface area contributed by atoms with Gasteiger partial charge in [0.15, 0.2) is 11.5 Å². The lowest BCUT2D eigenvalue weighted by molar-refractivity contribution is -0.373. The van der Waals surface area contributed by atoms with Gasteiger partial charge in [0.1, 0.15) is 17.3 Å². The number of aromatic amines is 1. The Kier molecular flexibility index (Phi) is 3.15. The first-order chi connectivity index (χ1) is 10.2. The van der Waals surface area contributed by atoms with Gasteiger partial charge in [0.2, 0.25) is 6.79 Å². The number of fused-ring (bicyclic) bond motifs is 1. The third-order valence-corrected chi connectivity index (χ3v) is 3.76. The van der Waals surface area contributed by atoms with Crippen molar-refractivity contribution in [3.8, 4) is 28.7 Å². The summed E-state index contributed by atoms with van der Waals surface area (Å²) in [5.41, 5.74) is 10.3. The van der Waals surface area contributed by atoms with E-state index >= 15 is 0 Å². The Labute approximate surface area is 122 Å². The number of benzene rings is 1. The zero-order valence-electron chi connectivity index (χ0n) is 12.0. The van der Waals surface area contributed by atoms with Gasteiger partial charge in [-0.25, -0.2) is 4.98 Å². The number of nitrogen functional groups attached to an aromatic ring is 1. The highest BCUT2D eigenvalue weighted by molar-refractivity contribution is 5.79. The highest BCUT2D eigenvalue weighted by Gasteiger charge is 2.22. The Morgan fingerprint density at radius 3 is 2.81 bits per heavy atom. The molecule has 0 bridgehead atoms. The molecule has 1 aromatic carbocycles. The lowest BCUT2D eigenvalue weighted by Gasteiger charge is -2.11. The van der Waals surface area contributed by atoms with Crippen LogP contribution in [0, 0.1) is 18.3 Å². The fraction of sp³-hybridized carbons (Fsp3) is 0.250. The molecule has 1 aliphatic rings. The molecule has 0 radical (unpaired) electrons. The second-order valence-electron chi connectivity index (χ2n) is 4.93. The van der Waals surface area contributed by atoms with Crippen LogP contribution in [0.15, 0.2) is 18.2 Å². The first-order valence-corrected chi connectivity index (χ1v) is 6.80. The Balaban J connectivity index is 2.26. The average Bonchev–Trinajstić information content (AvgIpc) is 2.96. The van der Waals surface area contributed by atoms with Crippen molar-refractivity contribution in [3.63, 3.8) is 0 Å². The maximum atomic E-state index is 9.44. The van der Waals surface area contributed by atoms with Crippen molar-refractivity contribution in [2.75, 3.05) is 12.5 Å². The number of aromatic nitrogens is 1. The van der Waals surface area contributed by atoms with Crippen molar-refractivity contribution < 1.29 is 14.5 Å². The second kappa shape index (κ2) is 4.98. The Hall–Kier alpha value is -2.74. The van der Waals surface area contributed by atoms with Crippen LogP contribution in [0.1, 0.15) is 23.7 Å². The predicted molar refractivity (Wildman–Crippen MR) is 77.8 cm³/mol. The molecule has 0 atom stereocenters. The van der Waals surface area contributed by atoms with Gasteiger partial charge in [-0.3, -0.25) is 5.73 Å². The van der Waals surface area contributed by atoms with Crippen LogP contribution in [0.5, 0.6) is 11.5 Å². The standard InChI is InChI=1S/C16H15N3O2/c1-3-12-9(2)15(11(7-17)16(18)19-12)10-4-5-13-14(6-10)21-8-20-13/h4-6H,3,8H2,1-2H3,(H2,18,19)/p+1. The van der Waals surface area contributed by atoms with Gasteiger partial charge in [-0.1, -0.05) is 13.0 Å². The third-order valence-electron chi connectivity index (χ3n) is 3.76. The van der Waals surface area contributed by atoms with E-state index in [1.54, 1.807) is 0 Å². The van der Waals surface area contributed by atoms with Crippen LogP contribution in [0.2, 0.25) is 0 Å². The van der Waals surface area contributed by atoms with E-state index < -0.39 is 0 Å². The van der Waals surface area contributed by atoms with Crippen molar-refractivity contribution in [2.45, 2.75) is 20.3 Å². The number of aryl methyl sites for hydroxylation is 1. The Morgan fingerprint density at radius 2 is 2.10 bits per heavy atom. The van der Waals surface area contributed by atoms with Crippen molar-refractivity contribution in [1.82, 2.24) is 0 Å². The highest BCUT2D eigenvalue weighted by Crippen LogP contribution is 2.38. The van der Waals surface area contributed by atoms with E-state index in [0.29, 0.717) is 17.1 Å². The molecule has 5 heteroatoms. The van der Waals surface area contributed by atoms with Gasteiger partial charge in [0.05, 0.1) is 0 Å². The monoisotopic (exact) mass is 282 g/mol. The molecular weight excluding hydrogens is 266 g/mol. The van der Waals surface area contributed by atoms with Gasteiger partial charge in [-0.2, -0.15) is 5.26 Å². The van der Waals surface area contributed by atoms with E-state index in [0.717, 1.165) is 34.6 Å². The summed E-state index contributed by atoms with van der Waals surface area (Å²) in [5.74, 6) is 1.81. The average molecular weight is 282 g/mol. The van der Waals surface area contributed by atoms with Gasteiger partial charge in [-0.05, 0) is 24.6 Å². The number of nitriles is 1. The molecule has 0 saturated heterocycles. The summed E-state index contributed by atoms with van der Waals surface area (Å²) in [7, 11) is 0. The molecule has 0 aliphatic carbocycles. The summed E-state index contributed by atoms with van der Waals surface area (Å²) >= 11 is 0. The first kappa shape index (κ1) is 13.3. The van der Waals surface area contributed by atoms with E-state index in [2.05, 4.69) is 11.1 Å². The van der Waals surface area contributed by atoms with Crippen LogP contribution in [0.4, 0.5) is 5.82 Å². The van der Waals surface area contributed by atoms with E-state index in [9.17, 15) is 5.26 Å². The van der Waals surface area contributed by atoms with Crippen molar-refractivity contribution in [2.24, 2.45) is 0 Å². The third kappa shape index (κ3) is 2.05. The molecule has 3 rings (SSSR count). The number of hydrogen-bond acceptors (Lipinski definition) is 4. The molecule has 21 heavy (non-hydrogen) atoms. The quantitative estimate of drug-likeness (QED) is 0.915. The molecule has 1 aromatic heterocycles. The number of anilines is 1. The second-order valence-corrected chi connectivity index (χ2v) is 4.93. The minimum absolute atomic E-state index is 0.230. The van der Waals surface area contributed by atoms with Crippen molar-refractivity contribution in [3.05, 3.63) is 35.0 Å². The molecule has 5 nitrogen and oxygen atoms in total. The van der Waals surface area contributed by atoms with Crippen molar-refractivity contribution >= 4 is 5.82 Å². The topological polar surface area (TPSA) is 82.4 Å². The van der Waals surface area contributed by atoms with Gasteiger partial charge in [0, 0.05) is 17.5 Å². The number of ether oxygens (including phenoxy) is 2. The van der Waals surface area contributed by atoms with Crippen LogP contribution >= 0.6 is 0 Å². The summed E-state index contributed by atoms with van der Waals surface area (Å²) in [6.45, 7) is 4.27. The zero-order chi connectivity index (χ0) is 15.0. The normalized spacial score (nSPS) is 12.2. The number of hydrogen-bond donors (Lipinski definition) is 1. The molecule has 1 aliphatic heterocycles. The SMILES string of the molecule is CCc1[nH+]c(N)c(C#N)c(-c2ccc3c(c2)OCO3)c1C. The molecule has 3 N–H and O–H groups in total. The molecule has 0 unspecified atom stereocenters. The number of nitrogens with one attached hydrogen (secondary N) is 1. The molecule has 2 aromatic rings. The lowest BCUT2D eigenvalue weighted by atomic mass is 9.94. The van der Waals surface area contributed by atoms with Gasteiger partial charge in [0.25, 0.3) is 5.82 Å². The Morgan fingerprint density at radius 1 is 1.33 bits per heavy atom. The minimum Gasteiger partial charge on any atom is -0.454 e. The van der Waals surface area contributed by atoms with E-state index in [-0.39, 0.29) is 6.79 Å². The smallest absolute Gasteiger partial charge is 0.289 e. The summed E-state index contributed by atoms with van der Waals surface area (Å²) < 4.78 is 10.7. The van der Waals surface area contributed by atoms with E-state index in [1.807, 2.05) is 32.0 Å². The fourth-order valence-corrected chi connectivity index (χ4v) is 2.67. The van der Waals surface area contributed by atoms with Gasteiger partial charge >= 0.3 is 0 Å². The summed E-state index contributed by atoms with van der Waals surface area (Å²) in [6.07, 6.45) is 0.819. The van der Waals surface area contributed by atoms with Crippen LogP contribution in [-0.4, -0.2) is 6.79 Å². The molecular formula is C16H16N3O2+. The summed E-state index contributed by atoms with van der Waals surface area (Å²) in [4.78, 5) is 3.11. The van der Waals surface area contributed by atoms with E-state index in [1.165, 1.54) is 0 Å². The van der Waals surface area contributed by atoms with Crippen LogP contribution in [-0.2, 0) is 6.42 Å². The number of nitrogens with zero attached hydrogens (tertiary/aromatic N) is 1. The van der Waals surface area contributed by atoms with Gasteiger partial charge < -0.3 is 9.47 Å². The van der Waals surface area contributed by atoms with Crippen LogP contribution in [0.25, 0.3) is 11.1 Å². The fourth-order valence-electron chi connectivity index (χ4n) is 2.67. The first-order valence-electron chi connectivity index (χ1n) is 6.80. The summed E-state index contributed by atoms with van der Waals surface area (Å²) in [5, 5.41) is 9.44. The zero-order valence-corrected chi connectivity index (χ0v) is 12.0.